The molecular weight excluding hydrogens is 242 g/mol. The summed E-state index contributed by atoms with van der Waals surface area (Å²) in [7, 11) is 0. The maximum atomic E-state index is 12.2. The molecular formula is C14H21N3O2. The molecule has 1 aromatic heterocycles. The van der Waals surface area contributed by atoms with Crippen molar-refractivity contribution < 1.29 is 9.53 Å². The highest BCUT2D eigenvalue weighted by Gasteiger charge is 2.19. The van der Waals surface area contributed by atoms with Gasteiger partial charge >= 0.3 is 0 Å². The summed E-state index contributed by atoms with van der Waals surface area (Å²) in [5.74, 6) is 0.735. The van der Waals surface area contributed by atoms with Gasteiger partial charge in [-0.2, -0.15) is 0 Å². The van der Waals surface area contributed by atoms with Gasteiger partial charge in [0.05, 0.1) is 19.3 Å². The van der Waals surface area contributed by atoms with Crippen LogP contribution >= 0.6 is 0 Å². The van der Waals surface area contributed by atoms with Crippen LogP contribution in [0.5, 0.6) is 5.75 Å². The number of Topliss-reactive ketones (excluding diaryl/α,β-unsaturated/α-hetero) is 1. The Balaban J connectivity index is 1.94. The number of hydrogen-bond acceptors (Lipinski definition) is 5. The predicted molar refractivity (Wildman–Crippen MR) is 73.4 cm³/mol. The van der Waals surface area contributed by atoms with Crippen molar-refractivity contribution in [3.05, 3.63) is 24.0 Å². The smallest absolute Gasteiger partial charge is 0.178 e. The van der Waals surface area contributed by atoms with Crippen LogP contribution in [0.1, 0.15) is 30.1 Å². The zero-order valence-corrected chi connectivity index (χ0v) is 11.3. The molecule has 1 saturated heterocycles. The number of aromatic nitrogens is 1. The topological polar surface area (TPSA) is 68.5 Å². The molecule has 19 heavy (non-hydrogen) atoms. The van der Waals surface area contributed by atoms with E-state index in [-0.39, 0.29) is 11.8 Å². The first kappa shape index (κ1) is 14.0. The van der Waals surface area contributed by atoms with Crippen molar-refractivity contribution in [3.63, 3.8) is 0 Å². The Kier molecular flexibility index (Phi) is 4.87. The van der Waals surface area contributed by atoms with E-state index in [1.165, 1.54) is 0 Å². The van der Waals surface area contributed by atoms with Gasteiger partial charge in [-0.3, -0.25) is 14.7 Å². The van der Waals surface area contributed by atoms with E-state index < -0.39 is 0 Å². The van der Waals surface area contributed by atoms with E-state index in [4.69, 9.17) is 10.5 Å². The number of carbonyl (C=O) groups excluding carboxylic acids is 1. The molecule has 0 radical (unpaired) electrons. The first-order valence-electron chi connectivity index (χ1n) is 6.78. The monoisotopic (exact) mass is 263 g/mol. The molecule has 104 valence electrons. The highest BCUT2D eigenvalue weighted by Crippen LogP contribution is 2.13. The van der Waals surface area contributed by atoms with Crippen molar-refractivity contribution in [2.75, 3.05) is 26.2 Å². The fourth-order valence-corrected chi connectivity index (χ4v) is 2.22. The number of nitrogens with zero attached hydrogens (tertiary/aromatic N) is 2. The van der Waals surface area contributed by atoms with E-state index in [0.717, 1.165) is 25.9 Å². The maximum Gasteiger partial charge on any atom is 0.178 e. The summed E-state index contributed by atoms with van der Waals surface area (Å²) in [6.45, 7) is 4.70. The van der Waals surface area contributed by atoms with E-state index in [2.05, 4.69) is 9.88 Å². The second kappa shape index (κ2) is 6.63. The molecule has 0 spiro atoms. The lowest BCUT2D eigenvalue weighted by molar-refractivity contribution is 0.0909. The molecule has 0 aromatic carbocycles. The SMILES string of the molecule is CCOc1cncc(C(=O)CN2CCC(N)CC2)c1. The molecule has 1 aromatic rings. The van der Waals surface area contributed by atoms with Gasteiger partial charge in [-0.15, -0.1) is 0 Å². The van der Waals surface area contributed by atoms with Crippen LogP contribution in [0.2, 0.25) is 0 Å². The highest BCUT2D eigenvalue weighted by atomic mass is 16.5. The molecule has 0 bridgehead atoms. The first-order valence-corrected chi connectivity index (χ1v) is 6.78. The zero-order valence-electron chi connectivity index (χ0n) is 11.3. The molecule has 5 heteroatoms. The van der Waals surface area contributed by atoms with E-state index in [1.54, 1.807) is 18.5 Å². The molecule has 0 amide bonds. The van der Waals surface area contributed by atoms with Crippen molar-refractivity contribution in [3.8, 4) is 5.75 Å². The Morgan fingerprint density at radius 3 is 2.89 bits per heavy atom. The number of ether oxygens (including phenoxy) is 1. The third-order valence-electron chi connectivity index (χ3n) is 3.35. The highest BCUT2D eigenvalue weighted by molar-refractivity contribution is 5.97. The van der Waals surface area contributed by atoms with Crippen LogP contribution < -0.4 is 10.5 Å². The third kappa shape index (κ3) is 4.01. The lowest BCUT2D eigenvalue weighted by Gasteiger charge is -2.29. The van der Waals surface area contributed by atoms with Gasteiger partial charge in [0.25, 0.3) is 0 Å². The molecule has 0 saturated carbocycles. The van der Waals surface area contributed by atoms with E-state index in [1.807, 2.05) is 6.92 Å². The summed E-state index contributed by atoms with van der Waals surface area (Å²) in [5, 5.41) is 0. The fraction of sp³-hybridized carbons (Fsp3) is 0.571. The van der Waals surface area contributed by atoms with Crippen molar-refractivity contribution in [2.45, 2.75) is 25.8 Å². The van der Waals surface area contributed by atoms with Gasteiger partial charge in [-0.05, 0) is 25.8 Å². The van der Waals surface area contributed by atoms with Gasteiger partial charge in [-0.1, -0.05) is 0 Å². The standard InChI is InChI=1S/C14H21N3O2/c1-2-19-13-7-11(8-16-9-13)14(18)10-17-5-3-12(15)4-6-17/h7-9,12H,2-6,10,15H2,1H3. The Hall–Kier alpha value is -1.46. The van der Waals surface area contributed by atoms with Crippen LogP contribution in [-0.4, -0.2) is 48.0 Å². The molecule has 5 nitrogen and oxygen atoms in total. The lowest BCUT2D eigenvalue weighted by Crippen LogP contribution is -2.41. The van der Waals surface area contributed by atoms with Gasteiger partial charge in [0.2, 0.25) is 0 Å². The van der Waals surface area contributed by atoms with Crippen molar-refractivity contribution in [2.24, 2.45) is 5.73 Å². The van der Waals surface area contributed by atoms with Gasteiger partial charge < -0.3 is 10.5 Å². The average molecular weight is 263 g/mol. The van der Waals surface area contributed by atoms with Crippen molar-refractivity contribution >= 4 is 5.78 Å². The van der Waals surface area contributed by atoms with Gasteiger partial charge in [-0.25, -0.2) is 0 Å². The van der Waals surface area contributed by atoms with Crippen LogP contribution in [-0.2, 0) is 0 Å². The number of likely N-dealkylation sites (tertiary alicyclic amines) is 1. The fourth-order valence-electron chi connectivity index (χ4n) is 2.22. The summed E-state index contributed by atoms with van der Waals surface area (Å²) in [6.07, 6.45) is 5.15. The molecule has 1 aliphatic rings. The molecule has 2 N–H and O–H groups in total. The molecule has 0 atom stereocenters. The number of carbonyl (C=O) groups is 1. The number of ketones is 1. The Morgan fingerprint density at radius 2 is 2.21 bits per heavy atom. The molecule has 2 rings (SSSR count). The summed E-state index contributed by atoms with van der Waals surface area (Å²) in [4.78, 5) is 18.4. The Morgan fingerprint density at radius 1 is 1.47 bits per heavy atom. The van der Waals surface area contributed by atoms with Crippen LogP contribution in [0.4, 0.5) is 0 Å². The first-order chi connectivity index (χ1) is 9.19. The molecule has 0 unspecified atom stereocenters. The van der Waals surface area contributed by atoms with Crippen molar-refractivity contribution in [1.82, 2.24) is 9.88 Å². The zero-order chi connectivity index (χ0) is 13.7. The molecule has 1 fully saturated rings. The normalized spacial score (nSPS) is 17.4. The van der Waals surface area contributed by atoms with Gasteiger partial charge in [0, 0.05) is 30.9 Å². The summed E-state index contributed by atoms with van der Waals surface area (Å²) in [6, 6.07) is 2.04. The quantitative estimate of drug-likeness (QED) is 0.805. The minimum absolute atomic E-state index is 0.0875. The number of piperidine rings is 1. The maximum absolute atomic E-state index is 12.2. The molecule has 2 heterocycles. The van der Waals surface area contributed by atoms with Crippen LogP contribution in [0.25, 0.3) is 0 Å². The predicted octanol–water partition coefficient (Wildman–Crippen LogP) is 1.09. The largest absolute Gasteiger partial charge is 0.492 e. The summed E-state index contributed by atoms with van der Waals surface area (Å²) < 4.78 is 5.36. The van der Waals surface area contributed by atoms with Crippen molar-refractivity contribution in [1.29, 1.82) is 0 Å². The number of hydrogen-bond donors (Lipinski definition) is 1. The minimum atomic E-state index is 0.0875. The Bertz CT molecular complexity index is 428. The van der Waals surface area contributed by atoms with Crippen LogP contribution in [0.15, 0.2) is 18.5 Å². The van der Waals surface area contributed by atoms with Crippen LogP contribution in [0, 0.1) is 0 Å². The lowest BCUT2D eigenvalue weighted by atomic mass is 10.1. The Labute approximate surface area is 113 Å². The van der Waals surface area contributed by atoms with Gasteiger partial charge in [0.1, 0.15) is 5.75 Å². The van der Waals surface area contributed by atoms with E-state index in [0.29, 0.717) is 24.5 Å². The third-order valence-corrected chi connectivity index (χ3v) is 3.35. The van der Waals surface area contributed by atoms with Gasteiger partial charge in [0.15, 0.2) is 5.78 Å². The minimum Gasteiger partial charge on any atom is -0.492 e. The summed E-state index contributed by atoms with van der Waals surface area (Å²) >= 11 is 0. The van der Waals surface area contributed by atoms with E-state index >= 15 is 0 Å². The number of nitrogens with two attached hydrogens (primary N) is 1. The average Bonchev–Trinajstić information content (AvgIpc) is 2.42. The second-order valence-electron chi connectivity index (χ2n) is 4.88. The number of rotatable bonds is 5. The van der Waals surface area contributed by atoms with E-state index in [9.17, 15) is 4.79 Å². The molecule has 1 aliphatic heterocycles. The number of pyridine rings is 1. The van der Waals surface area contributed by atoms with Crippen LogP contribution in [0.3, 0.4) is 0 Å². The molecule has 0 aliphatic carbocycles. The second-order valence-corrected chi connectivity index (χ2v) is 4.88. The summed E-state index contributed by atoms with van der Waals surface area (Å²) in [5.41, 5.74) is 6.47.